The Hall–Kier alpha value is -4.56. The van der Waals surface area contributed by atoms with E-state index in [4.69, 9.17) is 11.6 Å². The van der Waals surface area contributed by atoms with Crippen LogP contribution in [0.25, 0.3) is 10.9 Å². The van der Waals surface area contributed by atoms with E-state index in [1.165, 1.54) is 27.8 Å². The Labute approximate surface area is 217 Å². The lowest BCUT2D eigenvalue weighted by Crippen LogP contribution is -2.45. The van der Waals surface area contributed by atoms with E-state index in [-0.39, 0.29) is 5.41 Å². The number of hydrogen-bond donors (Lipinski definition) is 0. The predicted octanol–water partition coefficient (Wildman–Crippen LogP) is 7.68. The van der Waals surface area contributed by atoms with Crippen LogP contribution < -0.4 is 0 Å². The number of para-hydroxylation sites is 1. The number of allylic oxidation sites excluding steroid dienone is 5. The van der Waals surface area contributed by atoms with Gasteiger partial charge in [-0.15, -0.1) is 0 Å². The molecule has 4 aromatic carbocycles. The average molecular weight is 475 g/mol. The van der Waals surface area contributed by atoms with Crippen LogP contribution in [0.15, 0.2) is 146 Å². The Morgan fingerprint density at radius 2 is 1.24 bits per heavy atom. The zero-order chi connectivity index (χ0) is 24.9. The number of aromatic nitrogens is 2. The lowest BCUT2D eigenvalue weighted by atomic mass is 9.51. The lowest BCUT2D eigenvalue weighted by molar-refractivity contribution is 0.548. The number of fused-ring (bicyclic) bond motifs is 4. The summed E-state index contributed by atoms with van der Waals surface area (Å²) in [5.41, 5.74) is 8.22. The minimum Gasteiger partial charge on any atom is -0.239 e. The van der Waals surface area contributed by atoms with Crippen molar-refractivity contribution < 1.29 is 0 Å². The van der Waals surface area contributed by atoms with E-state index in [1.807, 2.05) is 6.07 Å². The summed E-state index contributed by atoms with van der Waals surface area (Å²) in [4.78, 5) is 9.66. The van der Waals surface area contributed by atoms with Crippen molar-refractivity contribution in [2.24, 2.45) is 0 Å². The number of benzene rings is 4. The highest BCUT2D eigenvalue weighted by Crippen LogP contribution is 2.59. The quantitative estimate of drug-likeness (QED) is 0.262. The van der Waals surface area contributed by atoms with Crippen molar-refractivity contribution in [1.82, 2.24) is 9.97 Å². The van der Waals surface area contributed by atoms with Crippen LogP contribution in [0.1, 0.15) is 39.9 Å². The van der Waals surface area contributed by atoms with Crippen molar-refractivity contribution in [2.75, 3.05) is 0 Å². The van der Waals surface area contributed by atoms with Gasteiger partial charge in [0.1, 0.15) is 6.33 Å². The van der Waals surface area contributed by atoms with Gasteiger partial charge in [-0.1, -0.05) is 128 Å². The predicted molar refractivity (Wildman–Crippen MR) is 151 cm³/mol. The van der Waals surface area contributed by atoms with Crippen LogP contribution in [0.5, 0.6) is 0 Å². The second-order valence-electron chi connectivity index (χ2n) is 9.87. The van der Waals surface area contributed by atoms with Crippen LogP contribution >= 0.6 is 0 Å². The summed E-state index contributed by atoms with van der Waals surface area (Å²) in [6.45, 7) is 4.73. The van der Waals surface area contributed by atoms with Gasteiger partial charge in [-0.2, -0.15) is 0 Å². The molecule has 176 valence electrons. The van der Waals surface area contributed by atoms with Gasteiger partial charge in [0.15, 0.2) is 0 Å². The minimum atomic E-state index is -0.671. The van der Waals surface area contributed by atoms with Crippen LogP contribution in [0.4, 0.5) is 0 Å². The second kappa shape index (κ2) is 8.25. The summed E-state index contributed by atoms with van der Waals surface area (Å²) >= 11 is 0. The molecule has 2 bridgehead atoms. The molecule has 0 fully saturated rings. The summed E-state index contributed by atoms with van der Waals surface area (Å²) in [5.74, 6) is 0. The van der Waals surface area contributed by atoms with Gasteiger partial charge < -0.3 is 0 Å². The van der Waals surface area contributed by atoms with Crippen molar-refractivity contribution in [3.8, 4) is 0 Å². The van der Waals surface area contributed by atoms with Gasteiger partial charge in [0.05, 0.1) is 16.6 Å². The fourth-order valence-corrected chi connectivity index (χ4v) is 6.70. The molecule has 0 saturated carbocycles. The summed E-state index contributed by atoms with van der Waals surface area (Å²) in [5, 5.41) is 1.05. The van der Waals surface area contributed by atoms with E-state index in [0.29, 0.717) is 0 Å². The first-order valence-electron chi connectivity index (χ1n) is 12.8. The van der Waals surface area contributed by atoms with E-state index in [1.54, 1.807) is 6.33 Å². The van der Waals surface area contributed by atoms with Crippen LogP contribution in [-0.4, -0.2) is 9.97 Å². The van der Waals surface area contributed by atoms with Crippen LogP contribution in [0, 0.1) is 0 Å². The van der Waals surface area contributed by atoms with Crippen molar-refractivity contribution in [3.63, 3.8) is 0 Å². The summed E-state index contributed by atoms with van der Waals surface area (Å²) in [7, 11) is 0. The van der Waals surface area contributed by atoms with Crippen LogP contribution in [0.3, 0.4) is 0 Å². The molecule has 0 N–H and O–H groups in total. The first kappa shape index (κ1) is 21.7. The Bertz CT molecular complexity index is 1670. The standard InChI is InChI=1S/C35H26N2/c1-25-14-4-3-13-23-34(26-15-5-2-6-16-26)28-18-8-10-20-30(28)35(25,31-21-11-9-19-29(31)34)33-27-17-7-12-22-32(27)36-24-37-33/h2-22,24H,1,23H2/b13-3-,14-4-. The minimum absolute atomic E-state index is 0.345. The molecular weight excluding hydrogens is 448 g/mol. The third-order valence-electron chi connectivity index (χ3n) is 8.20. The van der Waals surface area contributed by atoms with Crippen molar-refractivity contribution in [1.29, 1.82) is 0 Å². The smallest absolute Gasteiger partial charge is 0.116 e. The topological polar surface area (TPSA) is 25.8 Å². The summed E-state index contributed by atoms with van der Waals surface area (Å²) in [6, 6.07) is 37.1. The Kier molecular flexibility index (Phi) is 4.84. The van der Waals surface area contributed by atoms with Gasteiger partial charge in [-0.25, -0.2) is 9.97 Å². The van der Waals surface area contributed by atoms with Gasteiger partial charge in [-0.3, -0.25) is 0 Å². The van der Waals surface area contributed by atoms with Gasteiger partial charge in [0.25, 0.3) is 0 Å². The Morgan fingerprint density at radius 1 is 0.622 bits per heavy atom. The Balaban J connectivity index is 1.73. The molecule has 0 atom stereocenters. The average Bonchev–Trinajstić information content (AvgIpc) is 2.97. The number of rotatable bonds is 2. The first-order chi connectivity index (χ1) is 18.3. The van der Waals surface area contributed by atoms with Gasteiger partial charge in [0, 0.05) is 10.8 Å². The summed E-state index contributed by atoms with van der Waals surface area (Å²) < 4.78 is 0. The third-order valence-corrected chi connectivity index (χ3v) is 8.20. The van der Waals surface area contributed by atoms with E-state index in [9.17, 15) is 0 Å². The molecule has 2 heteroatoms. The van der Waals surface area contributed by atoms with Crippen LogP contribution in [-0.2, 0) is 10.8 Å². The van der Waals surface area contributed by atoms with Crippen molar-refractivity contribution in [3.05, 3.63) is 179 Å². The molecule has 0 amide bonds. The summed E-state index contributed by atoms with van der Waals surface area (Å²) in [6.07, 6.45) is 11.3. The molecular formula is C35H26N2. The molecule has 2 nitrogen and oxygen atoms in total. The van der Waals surface area contributed by atoms with Crippen LogP contribution in [0.2, 0.25) is 0 Å². The van der Waals surface area contributed by atoms with E-state index in [2.05, 4.69) is 126 Å². The molecule has 0 aliphatic heterocycles. The molecule has 1 aromatic heterocycles. The molecule has 1 heterocycles. The molecule has 37 heavy (non-hydrogen) atoms. The maximum absolute atomic E-state index is 5.04. The van der Waals surface area contributed by atoms with Gasteiger partial charge in [0.2, 0.25) is 0 Å². The number of nitrogens with zero attached hydrogens (tertiary/aromatic N) is 2. The van der Waals surface area contributed by atoms with Gasteiger partial charge >= 0.3 is 0 Å². The number of hydrogen-bond acceptors (Lipinski definition) is 2. The third kappa shape index (κ3) is 2.87. The highest BCUT2D eigenvalue weighted by molar-refractivity contribution is 5.86. The molecule has 0 unspecified atom stereocenters. The first-order valence-corrected chi connectivity index (χ1v) is 12.8. The molecule has 0 radical (unpaired) electrons. The SMILES string of the molecule is C=C1/C=C\C=C/CC2(c3ccccc3)c3ccccc3C1(c1ncnc3ccccc13)c1ccccc12. The molecule has 7 rings (SSSR count). The lowest BCUT2D eigenvalue weighted by Gasteiger charge is -2.50. The Morgan fingerprint density at radius 3 is 1.97 bits per heavy atom. The molecule has 2 aliphatic carbocycles. The highest BCUT2D eigenvalue weighted by atomic mass is 14.9. The zero-order valence-corrected chi connectivity index (χ0v) is 20.5. The van der Waals surface area contributed by atoms with Crippen molar-refractivity contribution >= 4 is 10.9 Å². The monoisotopic (exact) mass is 474 g/mol. The normalized spacial score (nSPS) is 23.7. The molecule has 2 aliphatic rings. The maximum Gasteiger partial charge on any atom is 0.116 e. The molecule has 0 spiro atoms. The van der Waals surface area contributed by atoms with E-state index < -0.39 is 5.41 Å². The molecule has 5 aromatic rings. The molecule has 0 saturated heterocycles. The van der Waals surface area contributed by atoms with E-state index in [0.717, 1.165) is 28.6 Å². The fourth-order valence-electron chi connectivity index (χ4n) is 6.70. The maximum atomic E-state index is 5.04. The van der Waals surface area contributed by atoms with Gasteiger partial charge in [-0.05, 0) is 45.9 Å². The second-order valence-corrected chi connectivity index (χ2v) is 9.87. The fraction of sp³-hybridized carbons (Fsp3) is 0.0857. The highest BCUT2D eigenvalue weighted by Gasteiger charge is 2.53. The van der Waals surface area contributed by atoms with Crippen molar-refractivity contribution in [2.45, 2.75) is 17.3 Å². The zero-order valence-electron chi connectivity index (χ0n) is 20.5. The van der Waals surface area contributed by atoms with E-state index >= 15 is 0 Å². The largest absolute Gasteiger partial charge is 0.239 e.